The number of carbonyl (C=O) groups is 1. The van der Waals surface area contributed by atoms with Crippen molar-refractivity contribution in [1.82, 2.24) is 0 Å². The molecule has 3 heteroatoms. The normalized spacial score (nSPS) is 48.9. The molecule has 3 aliphatic carbocycles. The number of alkyl halides is 1. The Bertz CT molecular complexity index is 379. The summed E-state index contributed by atoms with van der Waals surface area (Å²) in [6, 6.07) is 0. The quantitative estimate of drug-likeness (QED) is 0.544. The zero-order chi connectivity index (χ0) is 13.1. The van der Waals surface area contributed by atoms with Crippen LogP contribution in [0.15, 0.2) is 0 Å². The van der Waals surface area contributed by atoms with Gasteiger partial charge in [0.25, 0.3) is 0 Å². The molecule has 3 rings (SSSR count). The third-order valence-electron chi connectivity index (χ3n) is 6.26. The largest absolute Gasteiger partial charge is 0.469 e. The Hall–Kier alpha value is -0.0500. The van der Waals surface area contributed by atoms with Gasteiger partial charge in [0.1, 0.15) is 0 Å². The highest BCUT2D eigenvalue weighted by atomic mass is 79.9. The van der Waals surface area contributed by atoms with Crippen molar-refractivity contribution in [3.05, 3.63) is 0 Å². The molecule has 3 fully saturated rings. The van der Waals surface area contributed by atoms with Gasteiger partial charge in [-0.1, -0.05) is 36.2 Å². The van der Waals surface area contributed by atoms with Crippen molar-refractivity contribution in [2.24, 2.45) is 28.6 Å². The van der Waals surface area contributed by atoms with E-state index in [4.69, 9.17) is 4.74 Å². The fraction of sp³-hybridized carbons (Fsp3) is 0.933. The molecule has 0 unspecified atom stereocenters. The molecular formula is C15H23BrO2. The fourth-order valence-electron chi connectivity index (χ4n) is 5.31. The van der Waals surface area contributed by atoms with E-state index in [2.05, 4.69) is 29.8 Å². The van der Waals surface area contributed by atoms with Crippen molar-refractivity contribution >= 4 is 21.9 Å². The SMILES string of the molecule is COC(=O)[C@@H]1CCC[C@]23C[C@@H](C[C@@H]12)C(C)(C)[C@H]3Br. The summed E-state index contributed by atoms with van der Waals surface area (Å²) < 4.78 is 5.04. The van der Waals surface area contributed by atoms with E-state index in [0.29, 0.717) is 21.6 Å². The topological polar surface area (TPSA) is 26.3 Å². The van der Waals surface area contributed by atoms with Crippen LogP contribution in [0.5, 0.6) is 0 Å². The van der Waals surface area contributed by atoms with Gasteiger partial charge in [0.05, 0.1) is 13.0 Å². The highest BCUT2D eigenvalue weighted by molar-refractivity contribution is 9.09. The molecule has 1 spiro atoms. The predicted molar refractivity (Wildman–Crippen MR) is 74.5 cm³/mol. The Labute approximate surface area is 118 Å². The number of esters is 1. The molecular weight excluding hydrogens is 292 g/mol. The van der Waals surface area contributed by atoms with Crippen LogP contribution in [-0.2, 0) is 9.53 Å². The molecule has 3 saturated carbocycles. The van der Waals surface area contributed by atoms with Gasteiger partial charge in [0.15, 0.2) is 0 Å². The minimum absolute atomic E-state index is 0.0316. The third kappa shape index (κ3) is 1.43. The van der Waals surface area contributed by atoms with E-state index in [1.807, 2.05) is 0 Å². The Morgan fingerprint density at radius 1 is 1.39 bits per heavy atom. The highest BCUT2D eigenvalue weighted by Crippen LogP contribution is 2.72. The average molecular weight is 315 g/mol. The van der Waals surface area contributed by atoms with Gasteiger partial charge in [-0.15, -0.1) is 0 Å². The highest BCUT2D eigenvalue weighted by Gasteiger charge is 2.67. The van der Waals surface area contributed by atoms with Gasteiger partial charge in [0, 0.05) is 4.83 Å². The Morgan fingerprint density at radius 2 is 2.11 bits per heavy atom. The summed E-state index contributed by atoms with van der Waals surface area (Å²) in [6.45, 7) is 4.79. The van der Waals surface area contributed by atoms with Crippen LogP contribution in [0, 0.1) is 28.6 Å². The molecule has 0 aromatic carbocycles. The van der Waals surface area contributed by atoms with Crippen LogP contribution in [0.1, 0.15) is 46.0 Å². The van der Waals surface area contributed by atoms with E-state index < -0.39 is 0 Å². The Balaban J connectivity index is 1.94. The molecule has 2 bridgehead atoms. The van der Waals surface area contributed by atoms with Crippen LogP contribution >= 0.6 is 15.9 Å². The molecule has 0 N–H and O–H groups in total. The molecule has 0 aliphatic heterocycles. The number of ether oxygens (including phenoxy) is 1. The molecule has 0 aromatic rings. The minimum atomic E-state index is 0.0316. The van der Waals surface area contributed by atoms with Crippen LogP contribution in [0.3, 0.4) is 0 Å². The fourth-order valence-corrected chi connectivity index (χ4v) is 6.43. The van der Waals surface area contributed by atoms with Crippen LogP contribution in [0.25, 0.3) is 0 Å². The molecule has 18 heavy (non-hydrogen) atoms. The Morgan fingerprint density at radius 3 is 2.72 bits per heavy atom. The maximum absolute atomic E-state index is 12.0. The molecule has 5 atom stereocenters. The number of carbonyl (C=O) groups excluding carboxylic acids is 1. The van der Waals surface area contributed by atoms with E-state index in [0.717, 1.165) is 12.3 Å². The number of fused-ring (bicyclic) bond motifs is 1. The number of hydrogen-bond acceptors (Lipinski definition) is 2. The predicted octanol–water partition coefficient (Wildman–Crippen LogP) is 3.78. The van der Waals surface area contributed by atoms with E-state index in [9.17, 15) is 4.79 Å². The van der Waals surface area contributed by atoms with Crippen molar-refractivity contribution < 1.29 is 9.53 Å². The summed E-state index contributed by atoms with van der Waals surface area (Å²) in [4.78, 5) is 12.6. The van der Waals surface area contributed by atoms with Crippen molar-refractivity contribution in [2.75, 3.05) is 7.11 Å². The van der Waals surface area contributed by atoms with Gasteiger partial charge in [0.2, 0.25) is 0 Å². The number of methoxy groups -OCH3 is 1. The lowest BCUT2D eigenvalue weighted by Crippen LogP contribution is -2.49. The van der Waals surface area contributed by atoms with Crippen molar-refractivity contribution in [1.29, 1.82) is 0 Å². The first kappa shape index (κ1) is 13.0. The summed E-state index contributed by atoms with van der Waals surface area (Å²) >= 11 is 4.00. The summed E-state index contributed by atoms with van der Waals surface area (Å²) in [5.74, 6) is 1.52. The van der Waals surface area contributed by atoms with E-state index >= 15 is 0 Å². The van der Waals surface area contributed by atoms with Gasteiger partial charge < -0.3 is 4.74 Å². The summed E-state index contributed by atoms with van der Waals surface area (Å²) in [5, 5.41) is 0. The molecule has 0 aromatic heterocycles. The van der Waals surface area contributed by atoms with Gasteiger partial charge >= 0.3 is 5.97 Å². The van der Waals surface area contributed by atoms with Crippen LogP contribution in [-0.4, -0.2) is 17.9 Å². The molecule has 0 amide bonds. The lowest BCUT2D eigenvalue weighted by Gasteiger charge is -2.50. The van der Waals surface area contributed by atoms with Crippen LogP contribution < -0.4 is 0 Å². The second kappa shape index (κ2) is 3.97. The second-order valence-electron chi connectivity index (χ2n) is 7.18. The van der Waals surface area contributed by atoms with Gasteiger partial charge in [-0.2, -0.15) is 0 Å². The van der Waals surface area contributed by atoms with Crippen molar-refractivity contribution in [3.63, 3.8) is 0 Å². The minimum Gasteiger partial charge on any atom is -0.469 e. The number of hydrogen-bond donors (Lipinski definition) is 0. The maximum Gasteiger partial charge on any atom is 0.308 e. The third-order valence-corrected chi connectivity index (χ3v) is 8.35. The molecule has 0 radical (unpaired) electrons. The molecule has 102 valence electrons. The second-order valence-corrected chi connectivity index (χ2v) is 8.10. The molecule has 0 saturated heterocycles. The smallest absolute Gasteiger partial charge is 0.308 e. The zero-order valence-corrected chi connectivity index (χ0v) is 13.1. The maximum atomic E-state index is 12.0. The van der Waals surface area contributed by atoms with Crippen molar-refractivity contribution in [3.8, 4) is 0 Å². The van der Waals surface area contributed by atoms with Crippen LogP contribution in [0.2, 0.25) is 0 Å². The summed E-state index contributed by atoms with van der Waals surface area (Å²) in [5.41, 5.74) is 0.750. The number of halogens is 1. The molecule has 0 heterocycles. The first-order valence-corrected chi connectivity index (χ1v) is 8.07. The standard InChI is InChI=1S/C15H23BrO2/c1-14(2)9-7-11-10(12(17)18-3)5-4-6-15(11,8-9)13(14)16/h9-11,13H,4-8H2,1-3H3/t9-,10-,11+,13-,15+/m1/s1. The lowest BCUT2D eigenvalue weighted by atomic mass is 9.57. The van der Waals surface area contributed by atoms with Crippen molar-refractivity contribution in [2.45, 2.75) is 50.8 Å². The number of rotatable bonds is 1. The van der Waals surface area contributed by atoms with E-state index in [-0.39, 0.29) is 11.9 Å². The lowest BCUT2D eigenvalue weighted by molar-refractivity contribution is -0.152. The Kier molecular flexibility index (Phi) is 2.86. The first-order chi connectivity index (χ1) is 8.43. The monoisotopic (exact) mass is 314 g/mol. The van der Waals surface area contributed by atoms with Gasteiger partial charge in [-0.25, -0.2) is 0 Å². The van der Waals surface area contributed by atoms with E-state index in [1.54, 1.807) is 0 Å². The summed E-state index contributed by atoms with van der Waals surface area (Å²) in [7, 11) is 1.53. The zero-order valence-electron chi connectivity index (χ0n) is 11.5. The van der Waals surface area contributed by atoms with Gasteiger partial charge in [-0.05, 0) is 48.3 Å². The average Bonchev–Trinajstić information content (AvgIpc) is 2.83. The first-order valence-electron chi connectivity index (χ1n) is 7.15. The molecule has 3 aliphatic rings. The van der Waals surface area contributed by atoms with Crippen LogP contribution in [0.4, 0.5) is 0 Å². The summed E-state index contributed by atoms with van der Waals surface area (Å²) in [6.07, 6.45) is 6.05. The van der Waals surface area contributed by atoms with Gasteiger partial charge in [-0.3, -0.25) is 4.79 Å². The van der Waals surface area contributed by atoms with E-state index in [1.165, 1.54) is 32.8 Å². The molecule has 2 nitrogen and oxygen atoms in total.